The lowest BCUT2D eigenvalue weighted by atomic mass is 10.1. The van der Waals surface area contributed by atoms with Crippen molar-refractivity contribution in [1.82, 2.24) is 9.78 Å². The first-order chi connectivity index (χ1) is 14.3. The largest absolute Gasteiger partial charge is 0.451 e. The van der Waals surface area contributed by atoms with Gasteiger partial charge in [-0.15, -0.1) is 0 Å². The van der Waals surface area contributed by atoms with Crippen LogP contribution < -0.4 is 10.9 Å². The fourth-order valence-electron chi connectivity index (χ4n) is 3.50. The molecule has 7 nitrogen and oxygen atoms in total. The van der Waals surface area contributed by atoms with E-state index < -0.39 is 18.5 Å². The third kappa shape index (κ3) is 4.40. The molecule has 0 saturated heterocycles. The number of anilines is 1. The molecule has 1 heterocycles. The molecule has 0 fully saturated rings. The van der Waals surface area contributed by atoms with Crippen molar-refractivity contribution in [2.75, 3.05) is 11.9 Å². The Hall–Kier alpha value is -3.48. The second kappa shape index (κ2) is 8.90. The Kier molecular flexibility index (Phi) is 6.30. The Morgan fingerprint density at radius 2 is 1.70 bits per heavy atom. The van der Waals surface area contributed by atoms with Gasteiger partial charge < -0.3 is 10.1 Å². The molecular weight excluding hydrogens is 382 g/mol. The molecular formula is C23H25N3O4. The SMILES string of the molecule is CCCn1nc(C(=O)OCC(=O)Nc2c(C)cc(C)cc2C)c2ccccc2c1=O. The van der Waals surface area contributed by atoms with E-state index in [-0.39, 0.29) is 11.3 Å². The highest BCUT2D eigenvalue weighted by Crippen LogP contribution is 2.22. The average molecular weight is 407 g/mol. The van der Waals surface area contributed by atoms with Crippen molar-refractivity contribution in [3.05, 3.63) is 69.1 Å². The summed E-state index contributed by atoms with van der Waals surface area (Å²) in [6.45, 7) is 7.66. The maximum atomic E-state index is 12.7. The third-order valence-corrected chi connectivity index (χ3v) is 4.77. The van der Waals surface area contributed by atoms with Gasteiger partial charge in [-0.2, -0.15) is 5.10 Å². The molecule has 30 heavy (non-hydrogen) atoms. The first-order valence-corrected chi connectivity index (χ1v) is 9.86. The van der Waals surface area contributed by atoms with Crippen molar-refractivity contribution in [1.29, 1.82) is 0 Å². The molecule has 0 spiro atoms. The average Bonchev–Trinajstić information content (AvgIpc) is 2.71. The number of amides is 1. The fourth-order valence-corrected chi connectivity index (χ4v) is 3.50. The zero-order valence-corrected chi connectivity index (χ0v) is 17.6. The molecule has 0 aliphatic heterocycles. The fraction of sp³-hybridized carbons (Fsp3) is 0.304. The molecule has 0 saturated carbocycles. The summed E-state index contributed by atoms with van der Waals surface area (Å²) in [6.07, 6.45) is 0.692. The van der Waals surface area contributed by atoms with E-state index in [1.54, 1.807) is 24.3 Å². The number of rotatable bonds is 6. The van der Waals surface area contributed by atoms with Gasteiger partial charge in [0, 0.05) is 17.6 Å². The molecule has 0 radical (unpaired) electrons. The quantitative estimate of drug-likeness (QED) is 0.632. The topological polar surface area (TPSA) is 90.3 Å². The summed E-state index contributed by atoms with van der Waals surface area (Å²) in [5.74, 6) is -1.19. The maximum Gasteiger partial charge on any atom is 0.359 e. The Labute approximate surface area is 174 Å². The van der Waals surface area contributed by atoms with E-state index in [0.717, 1.165) is 16.7 Å². The van der Waals surface area contributed by atoms with Crippen molar-refractivity contribution in [3.8, 4) is 0 Å². The van der Waals surface area contributed by atoms with E-state index in [9.17, 15) is 14.4 Å². The van der Waals surface area contributed by atoms with E-state index >= 15 is 0 Å². The van der Waals surface area contributed by atoms with Gasteiger partial charge in [-0.05, 0) is 44.4 Å². The van der Waals surface area contributed by atoms with Crippen LogP contribution in [-0.4, -0.2) is 28.3 Å². The van der Waals surface area contributed by atoms with Gasteiger partial charge in [-0.1, -0.05) is 42.8 Å². The summed E-state index contributed by atoms with van der Waals surface area (Å²) in [4.78, 5) is 37.6. The Morgan fingerprint density at radius 3 is 2.33 bits per heavy atom. The molecule has 156 valence electrons. The Bertz CT molecular complexity index is 1160. The van der Waals surface area contributed by atoms with Crippen LogP contribution in [0, 0.1) is 20.8 Å². The first-order valence-electron chi connectivity index (χ1n) is 9.86. The molecule has 1 amide bonds. The highest BCUT2D eigenvalue weighted by molar-refractivity contribution is 6.03. The molecule has 0 bridgehead atoms. The van der Waals surface area contributed by atoms with Crippen LogP contribution in [0.4, 0.5) is 5.69 Å². The van der Waals surface area contributed by atoms with Gasteiger partial charge in [0.15, 0.2) is 12.3 Å². The van der Waals surface area contributed by atoms with Crippen LogP contribution in [0.5, 0.6) is 0 Å². The zero-order valence-electron chi connectivity index (χ0n) is 17.6. The normalized spacial score (nSPS) is 10.8. The number of benzene rings is 2. The number of nitrogens with zero attached hydrogens (tertiary/aromatic N) is 2. The van der Waals surface area contributed by atoms with Gasteiger partial charge in [0.2, 0.25) is 0 Å². The number of hydrogen-bond donors (Lipinski definition) is 1. The van der Waals surface area contributed by atoms with Crippen molar-refractivity contribution in [2.24, 2.45) is 0 Å². The minimum absolute atomic E-state index is 0.0224. The lowest BCUT2D eigenvalue weighted by Gasteiger charge is -2.13. The van der Waals surface area contributed by atoms with Crippen molar-refractivity contribution in [2.45, 2.75) is 40.7 Å². The van der Waals surface area contributed by atoms with E-state index in [0.29, 0.717) is 29.4 Å². The molecule has 1 aromatic heterocycles. The summed E-state index contributed by atoms with van der Waals surface area (Å²) < 4.78 is 6.48. The van der Waals surface area contributed by atoms with E-state index in [4.69, 9.17) is 4.74 Å². The monoisotopic (exact) mass is 407 g/mol. The number of aryl methyl sites for hydroxylation is 4. The Balaban J connectivity index is 1.80. The highest BCUT2D eigenvalue weighted by Gasteiger charge is 2.19. The smallest absolute Gasteiger partial charge is 0.359 e. The molecule has 3 rings (SSSR count). The number of aromatic nitrogens is 2. The number of esters is 1. The molecule has 0 atom stereocenters. The molecule has 0 aliphatic carbocycles. The second-order valence-corrected chi connectivity index (χ2v) is 7.32. The maximum absolute atomic E-state index is 12.7. The number of ether oxygens (including phenoxy) is 1. The standard InChI is InChI=1S/C23H25N3O4/c1-5-10-26-22(28)18-9-7-6-8-17(18)21(25-26)23(29)30-13-19(27)24-20-15(3)11-14(2)12-16(20)4/h6-9,11-12H,5,10,13H2,1-4H3,(H,24,27). The van der Waals surface area contributed by atoms with Gasteiger partial charge >= 0.3 is 5.97 Å². The number of carbonyl (C=O) groups excluding carboxylic acids is 2. The van der Waals surface area contributed by atoms with Gasteiger partial charge in [0.05, 0.1) is 5.39 Å². The van der Waals surface area contributed by atoms with Gasteiger partial charge in [-0.25, -0.2) is 9.48 Å². The second-order valence-electron chi connectivity index (χ2n) is 7.32. The van der Waals surface area contributed by atoms with Crippen molar-refractivity contribution in [3.63, 3.8) is 0 Å². The lowest BCUT2D eigenvalue weighted by Crippen LogP contribution is -2.27. The summed E-state index contributed by atoms with van der Waals surface area (Å²) >= 11 is 0. The first kappa shape index (κ1) is 21.2. The molecule has 1 N–H and O–H groups in total. The van der Waals surface area contributed by atoms with E-state index in [2.05, 4.69) is 10.4 Å². The predicted octanol–water partition coefficient (Wildman–Crippen LogP) is 3.53. The van der Waals surface area contributed by atoms with Crippen molar-refractivity contribution >= 4 is 28.3 Å². The van der Waals surface area contributed by atoms with Crippen LogP contribution in [0.1, 0.15) is 40.5 Å². The van der Waals surface area contributed by atoms with Crippen LogP contribution in [-0.2, 0) is 16.1 Å². The highest BCUT2D eigenvalue weighted by atomic mass is 16.5. The lowest BCUT2D eigenvalue weighted by molar-refractivity contribution is -0.119. The third-order valence-electron chi connectivity index (χ3n) is 4.77. The number of fused-ring (bicyclic) bond motifs is 1. The number of hydrogen-bond acceptors (Lipinski definition) is 5. The van der Waals surface area contributed by atoms with Crippen LogP contribution in [0.2, 0.25) is 0 Å². The van der Waals surface area contributed by atoms with Crippen LogP contribution >= 0.6 is 0 Å². The minimum atomic E-state index is -0.747. The van der Waals surface area contributed by atoms with E-state index in [1.165, 1.54) is 4.68 Å². The summed E-state index contributed by atoms with van der Waals surface area (Å²) in [7, 11) is 0. The number of carbonyl (C=O) groups is 2. The molecule has 3 aromatic rings. The van der Waals surface area contributed by atoms with E-state index in [1.807, 2.05) is 39.8 Å². The van der Waals surface area contributed by atoms with Gasteiger partial charge in [0.25, 0.3) is 11.5 Å². The summed E-state index contributed by atoms with van der Waals surface area (Å²) in [6, 6.07) is 10.7. The number of nitrogens with one attached hydrogen (secondary N) is 1. The molecule has 0 aliphatic rings. The van der Waals surface area contributed by atoms with Gasteiger partial charge in [0.1, 0.15) is 0 Å². The molecule has 7 heteroatoms. The van der Waals surface area contributed by atoms with Crippen LogP contribution in [0.15, 0.2) is 41.2 Å². The molecule has 0 unspecified atom stereocenters. The minimum Gasteiger partial charge on any atom is -0.451 e. The van der Waals surface area contributed by atoms with Gasteiger partial charge in [-0.3, -0.25) is 9.59 Å². The zero-order chi connectivity index (χ0) is 21.8. The van der Waals surface area contributed by atoms with Crippen LogP contribution in [0.3, 0.4) is 0 Å². The predicted molar refractivity (Wildman–Crippen MR) is 116 cm³/mol. The Morgan fingerprint density at radius 1 is 1.07 bits per heavy atom. The van der Waals surface area contributed by atoms with Crippen LogP contribution in [0.25, 0.3) is 10.8 Å². The summed E-state index contributed by atoms with van der Waals surface area (Å²) in [5, 5.41) is 7.79. The summed E-state index contributed by atoms with van der Waals surface area (Å²) in [5.41, 5.74) is 3.45. The van der Waals surface area contributed by atoms with Crippen molar-refractivity contribution < 1.29 is 14.3 Å². The molecule has 2 aromatic carbocycles.